The van der Waals surface area contributed by atoms with Crippen LogP contribution in [0.1, 0.15) is 5.56 Å². The molecule has 0 amide bonds. The molecule has 0 spiro atoms. The van der Waals surface area contributed by atoms with Gasteiger partial charge in [-0.1, -0.05) is 6.07 Å². The Hall–Kier alpha value is -4.13. The van der Waals surface area contributed by atoms with Crippen molar-refractivity contribution in [1.82, 2.24) is 0 Å². The van der Waals surface area contributed by atoms with Gasteiger partial charge >= 0.3 is 18.1 Å². The van der Waals surface area contributed by atoms with Crippen LogP contribution in [-0.2, 0) is 30.0 Å². The maximum Gasteiger partial charge on any atom is 0.416 e. The lowest BCUT2D eigenvalue weighted by molar-refractivity contribution is -0.384. The number of hydrogen-bond donors (Lipinski definition) is 0. The summed E-state index contributed by atoms with van der Waals surface area (Å²) in [6.45, 7) is -0.578. The highest BCUT2D eigenvalue weighted by atomic mass is 19.4. The van der Waals surface area contributed by atoms with E-state index >= 15 is 0 Å². The first-order valence-corrected chi connectivity index (χ1v) is 9.44. The molecule has 0 radical (unpaired) electrons. The molecule has 0 aliphatic carbocycles. The first kappa shape index (κ1) is 24.5. The van der Waals surface area contributed by atoms with Gasteiger partial charge in [0, 0.05) is 12.1 Å². The van der Waals surface area contributed by atoms with Crippen molar-refractivity contribution in [2.45, 2.75) is 6.18 Å². The molecule has 0 fully saturated rings. The standard InChI is InChI=1S/C21H17F3N2O8/c1-31-19(27)17-10-33-11-25(18(17)20(28)32-2)13-7-14(26(29)30)9-16(8-13)34-15-5-3-4-12(6-15)21(22,23)24/h3-9H,10-11H2,1-2H3. The van der Waals surface area contributed by atoms with Gasteiger partial charge in [-0.3, -0.25) is 10.1 Å². The number of ether oxygens (including phenoxy) is 4. The summed E-state index contributed by atoms with van der Waals surface area (Å²) in [5, 5.41) is 11.5. The summed E-state index contributed by atoms with van der Waals surface area (Å²) in [6.07, 6.45) is -4.62. The van der Waals surface area contributed by atoms with E-state index in [1.165, 1.54) is 12.1 Å². The third-order valence-corrected chi connectivity index (χ3v) is 4.63. The maximum absolute atomic E-state index is 13.0. The number of benzene rings is 2. The summed E-state index contributed by atoms with van der Waals surface area (Å²) >= 11 is 0. The summed E-state index contributed by atoms with van der Waals surface area (Å²) in [4.78, 5) is 36.5. The summed E-state index contributed by atoms with van der Waals surface area (Å²) in [5.74, 6) is -2.24. The van der Waals surface area contributed by atoms with Crippen LogP contribution < -0.4 is 9.64 Å². The van der Waals surface area contributed by atoms with Crippen molar-refractivity contribution in [3.8, 4) is 11.5 Å². The van der Waals surface area contributed by atoms with Crippen LogP contribution in [0, 0.1) is 10.1 Å². The van der Waals surface area contributed by atoms with E-state index in [1.54, 1.807) is 0 Å². The number of anilines is 1. The van der Waals surface area contributed by atoms with Crippen LogP contribution in [0.2, 0.25) is 0 Å². The third kappa shape index (κ3) is 5.26. The molecule has 2 aromatic rings. The summed E-state index contributed by atoms with van der Waals surface area (Å²) in [7, 11) is 2.17. The fourth-order valence-corrected chi connectivity index (χ4v) is 3.11. The van der Waals surface area contributed by atoms with Gasteiger partial charge in [0.1, 0.15) is 23.9 Å². The lowest BCUT2D eigenvalue weighted by Gasteiger charge is -2.31. The molecule has 0 saturated carbocycles. The van der Waals surface area contributed by atoms with Crippen LogP contribution in [0.4, 0.5) is 24.5 Å². The Balaban J connectivity index is 2.09. The molecule has 180 valence electrons. The summed E-state index contributed by atoms with van der Waals surface area (Å²) in [5.41, 5.74) is -1.94. The Labute approximate surface area is 190 Å². The fourth-order valence-electron chi connectivity index (χ4n) is 3.11. The van der Waals surface area contributed by atoms with E-state index in [1.807, 2.05) is 0 Å². The minimum Gasteiger partial charge on any atom is -0.466 e. The Kier molecular flexibility index (Phi) is 7.05. The molecule has 10 nitrogen and oxygen atoms in total. The Bertz CT molecular complexity index is 1160. The number of carbonyl (C=O) groups is 2. The van der Waals surface area contributed by atoms with Gasteiger partial charge in [-0.05, 0) is 18.2 Å². The van der Waals surface area contributed by atoms with Crippen LogP contribution >= 0.6 is 0 Å². The topological polar surface area (TPSA) is 117 Å². The number of carbonyl (C=O) groups excluding carboxylic acids is 2. The number of hydrogen-bond acceptors (Lipinski definition) is 9. The largest absolute Gasteiger partial charge is 0.466 e. The number of halogens is 3. The molecule has 0 aromatic heterocycles. The summed E-state index contributed by atoms with van der Waals surface area (Å²) in [6, 6.07) is 7.25. The number of non-ortho nitro benzene ring substituents is 1. The van der Waals surface area contributed by atoms with Crippen LogP contribution in [0.15, 0.2) is 53.7 Å². The van der Waals surface area contributed by atoms with Crippen molar-refractivity contribution in [3.05, 3.63) is 69.4 Å². The smallest absolute Gasteiger partial charge is 0.416 e. The zero-order valence-corrected chi connectivity index (χ0v) is 17.7. The van der Waals surface area contributed by atoms with Gasteiger partial charge in [-0.15, -0.1) is 0 Å². The normalized spacial score (nSPS) is 14.0. The number of nitro groups is 1. The number of rotatable bonds is 6. The van der Waals surface area contributed by atoms with Crippen molar-refractivity contribution in [1.29, 1.82) is 0 Å². The number of alkyl halides is 3. The maximum atomic E-state index is 13.0. The third-order valence-electron chi connectivity index (χ3n) is 4.63. The Morgan fingerprint density at radius 2 is 1.76 bits per heavy atom. The van der Waals surface area contributed by atoms with Crippen LogP contribution in [0.25, 0.3) is 0 Å². The first-order valence-electron chi connectivity index (χ1n) is 9.44. The second kappa shape index (κ2) is 9.79. The highest BCUT2D eigenvalue weighted by molar-refractivity contribution is 6.03. The molecular formula is C21H17F3N2O8. The van der Waals surface area contributed by atoms with E-state index in [9.17, 15) is 32.9 Å². The van der Waals surface area contributed by atoms with Crippen molar-refractivity contribution in [2.24, 2.45) is 0 Å². The number of nitro benzene ring substituents is 1. The molecule has 0 N–H and O–H groups in total. The minimum absolute atomic E-state index is 0.0160. The zero-order valence-electron chi connectivity index (χ0n) is 17.7. The lowest BCUT2D eigenvalue weighted by atomic mass is 10.1. The monoisotopic (exact) mass is 482 g/mol. The van der Waals surface area contributed by atoms with Gasteiger partial charge < -0.3 is 23.8 Å². The second-order valence-electron chi connectivity index (χ2n) is 6.79. The van der Waals surface area contributed by atoms with Gasteiger partial charge in [-0.2, -0.15) is 13.2 Å². The fraction of sp³-hybridized carbons (Fsp3) is 0.238. The Morgan fingerprint density at radius 3 is 2.38 bits per heavy atom. The van der Waals surface area contributed by atoms with E-state index in [4.69, 9.17) is 14.2 Å². The van der Waals surface area contributed by atoms with E-state index in [2.05, 4.69) is 4.74 Å². The molecule has 1 heterocycles. The Morgan fingerprint density at radius 1 is 1.06 bits per heavy atom. The average molecular weight is 482 g/mol. The van der Waals surface area contributed by atoms with Crippen LogP contribution in [-0.4, -0.2) is 44.4 Å². The number of methoxy groups -OCH3 is 2. The highest BCUT2D eigenvalue weighted by Gasteiger charge is 2.34. The molecule has 0 saturated heterocycles. The van der Waals surface area contributed by atoms with Crippen LogP contribution in [0.3, 0.4) is 0 Å². The molecule has 0 bridgehead atoms. The van der Waals surface area contributed by atoms with E-state index in [0.29, 0.717) is 0 Å². The van der Waals surface area contributed by atoms with E-state index in [-0.39, 0.29) is 41.8 Å². The molecule has 2 aromatic carbocycles. The number of esters is 2. The van der Waals surface area contributed by atoms with Crippen molar-refractivity contribution in [3.63, 3.8) is 0 Å². The van der Waals surface area contributed by atoms with Gasteiger partial charge in [0.15, 0.2) is 0 Å². The first-order chi connectivity index (χ1) is 16.0. The van der Waals surface area contributed by atoms with Crippen molar-refractivity contribution in [2.75, 3.05) is 32.5 Å². The molecule has 34 heavy (non-hydrogen) atoms. The predicted molar refractivity (Wildman–Crippen MR) is 109 cm³/mol. The minimum atomic E-state index is -4.62. The second-order valence-corrected chi connectivity index (χ2v) is 6.79. The van der Waals surface area contributed by atoms with Crippen LogP contribution in [0.5, 0.6) is 11.5 Å². The van der Waals surface area contributed by atoms with Gasteiger partial charge in [0.25, 0.3) is 5.69 Å². The molecule has 13 heteroatoms. The molecule has 0 unspecified atom stereocenters. The SMILES string of the molecule is COC(=O)C1=C(C(=O)OC)N(c2cc(Oc3cccc(C(F)(F)F)c3)cc([N+](=O)[O-])c2)COC1. The zero-order chi connectivity index (χ0) is 25.0. The number of nitrogens with zero attached hydrogens (tertiary/aromatic N) is 2. The van der Waals surface area contributed by atoms with Gasteiger partial charge in [-0.25, -0.2) is 9.59 Å². The van der Waals surface area contributed by atoms with Crippen molar-refractivity contribution < 1.29 is 46.6 Å². The van der Waals surface area contributed by atoms with E-state index < -0.39 is 34.3 Å². The predicted octanol–water partition coefficient (Wildman–Crippen LogP) is 3.80. The van der Waals surface area contributed by atoms with Gasteiger partial charge in [0.2, 0.25) is 0 Å². The molecular weight excluding hydrogens is 465 g/mol. The quantitative estimate of drug-likeness (QED) is 0.344. The average Bonchev–Trinajstić information content (AvgIpc) is 2.81. The molecule has 3 rings (SSSR count). The highest BCUT2D eigenvalue weighted by Crippen LogP contribution is 2.37. The van der Waals surface area contributed by atoms with Gasteiger partial charge in [0.05, 0.1) is 48.6 Å². The summed E-state index contributed by atoms with van der Waals surface area (Å²) < 4.78 is 59.2. The molecule has 0 atom stereocenters. The molecule has 1 aliphatic rings. The van der Waals surface area contributed by atoms with Crippen molar-refractivity contribution >= 4 is 23.3 Å². The molecule has 1 aliphatic heterocycles. The lowest BCUT2D eigenvalue weighted by Crippen LogP contribution is -2.38. The van der Waals surface area contributed by atoms with E-state index in [0.717, 1.165) is 49.5 Å².